The van der Waals surface area contributed by atoms with Gasteiger partial charge < -0.3 is 15.3 Å². The van der Waals surface area contributed by atoms with E-state index in [0.717, 1.165) is 16.3 Å². The maximum atomic E-state index is 13.4. The van der Waals surface area contributed by atoms with Crippen molar-refractivity contribution in [3.8, 4) is 6.07 Å². The zero-order chi connectivity index (χ0) is 21.0. The number of carbonyl (C=O) groups is 1. The van der Waals surface area contributed by atoms with Crippen molar-refractivity contribution in [3.05, 3.63) is 40.8 Å². The number of aromatic nitrogens is 2. The second-order valence-corrected chi connectivity index (χ2v) is 7.62. The van der Waals surface area contributed by atoms with Crippen molar-refractivity contribution in [2.24, 2.45) is 0 Å². The van der Waals surface area contributed by atoms with Gasteiger partial charge in [-0.15, -0.1) is 11.8 Å². The minimum atomic E-state index is -0.611. The second-order valence-electron chi connectivity index (χ2n) is 6.62. The maximum absolute atomic E-state index is 13.4. The number of thioether (sulfide) groups is 1. The molecule has 0 saturated heterocycles. The summed E-state index contributed by atoms with van der Waals surface area (Å²) < 4.78 is 15.4. The number of nitrogens with one attached hydrogen (secondary N) is 1. The number of nitrogens with zero attached hydrogens (tertiary/aromatic N) is 4. The molecule has 0 fully saturated rings. The van der Waals surface area contributed by atoms with Crippen LogP contribution in [-0.4, -0.2) is 44.2 Å². The Balaban J connectivity index is 0.00000117. The van der Waals surface area contributed by atoms with E-state index in [4.69, 9.17) is 5.26 Å². The highest BCUT2D eigenvalue weighted by Crippen LogP contribution is 2.33. The number of hydrogen-bond acceptors (Lipinski definition) is 5. The third kappa shape index (κ3) is 4.54. The molecule has 7 nitrogen and oxygen atoms in total. The van der Waals surface area contributed by atoms with Crippen LogP contribution in [0.25, 0.3) is 0 Å². The SMILES string of the molecule is CC.N#Cc1cc(NC(=O)N2CCc3nn4c(c3C2)SCC(O)CC4)ccc1F. The number of urea groups is 1. The summed E-state index contributed by atoms with van der Waals surface area (Å²) in [5.41, 5.74) is 2.32. The first-order valence-electron chi connectivity index (χ1n) is 9.70. The van der Waals surface area contributed by atoms with E-state index in [0.29, 0.717) is 43.9 Å². The molecule has 29 heavy (non-hydrogen) atoms. The lowest BCUT2D eigenvalue weighted by atomic mass is 10.1. The highest BCUT2D eigenvalue weighted by atomic mass is 32.2. The van der Waals surface area contributed by atoms with Gasteiger partial charge in [-0.3, -0.25) is 4.68 Å². The summed E-state index contributed by atoms with van der Waals surface area (Å²) in [5.74, 6) is 0.0107. The smallest absolute Gasteiger partial charge is 0.322 e. The minimum absolute atomic E-state index is 0.106. The van der Waals surface area contributed by atoms with Gasteiger partial charge in [0.15, 0.2) is 0 Å². The molecule has 2 amide bonds. The first kappa shape index (κ1) is 21.1. The number of aliphatic hydroxyl groups excluding tert-OH is 1. The first-order valence-corrected chi connectivity index (χ1v) is 10.7. The number of carbonyl (C=O) groups excluding carboxylic acids is 1. The van der Waals surface area contributed by atoms with E-state index in [1.165, 1.54) is 18.2 Å². The highest BCUT2D eigenvalue weighted by molar-refractivity contribution is 7.99. The molecule has 4 rings (SSSR count). The van der Waals surface area contributed by atoms with Gasteiger partial charge in [0, 0.05) is 36.5 Å². The molecule has 0 aliphatic carbocycles. The molecule has 0 radical (unpaired) electrons. The normalized spacial score (nSPS) is 17.8. The van der Waals surface area contributed by atoms with Crippen LogP contribution < -0.4 is 5.32 Å². The Morgan fingerprint density at radius 1 is 1.41 bits per heavy atom. The van der Waals surface area contributed by atoms with Crippen molar-refractivity contribution in [3.63, 3.8) is 0 Å². The van der Waals surface area contributed by atoms with Crippen molar-refractivity contribution >= 4 is 23.5 Å². The molecule has 9 heteroatoms. The van der Waals surface area contributed by atoms with Crippen LogP contribution in [-0.2, 0) is 19.5 Å². The summed E-state index contributed by atoms with van der Waals surface area (Å²) in [6.45, 7) is 5.65. The van der Waals surface area contributed by atoms with E-state index in [2.05, 4.69) is 10.4 Å². The fraction of sp³-hybridized carbons (Fsp3) is 0.450. The van der Waals surface area contributed by atoms with Gasteiger partial charge in [0.1, 0.15) is 11.9 Å². The van der Waals surface area contributed by atoms with E-state index in [9.17, 15) is 14.3 Å². The molecule has 2 aliphatic rings. The lowest BCUT2D eigenvalue weighted by molar-refractivity contribution is 0.182. The fourth-order valence-electron chi connectivity index (χ4n) is 3.31. The van der Waals surface area contributed by atoms with E-state index in [-0.39, 0.29) is 17.7 Å². The van der Waals surface area contributed by atoms with Gasteiger partial charge >= 0.3 is 6.03 Å². The Morgan fingerprint density at radius 2 is 2.21 bits per heavy atom. The van der Waals surface area contributed by atoms with Crippen LogP contribution in [0.3, 0.4) is 0 Å². The molecule has 0 saturated carbocycles. The molecular weight excluding hydrogens is 393 g/mol. The molecule has 1 aromatic carbocycles. The van der Waals surface area contributed by atoms with Crippen molar-refractivity contribution in [2.75, 3.05) is 17.6 Å². The lowest BCUT2D eigenvalue weighted by Crippen LogP contribution is -2.38. The molecule has 0 spiro atoms. The number of aryl methyl sites for hydroxylation is 1. The van der Waals surface area contributed by atoms with Crippen molar-refractivity contribution in [2.45, 2.75) is 50.9 Å². The number of nitriles is 1. The molecular formula is C20H24FN5O2S. The lowest BCUT2D eigenvalue weighted by Gasteiger charge is -2.27. The number of halogens is 1. The fourth-order valence-corrected chi connectivity index (χ4v) is 4.46. The molecule has 2 N–H and O–H groups in total. The first-order chi connectivity index (χ1) is 14.0. The Labute approximate surface area is 173 Å². The number of benzene rings is 1. The van der Waals surface area contributed by atoms with Crippen molar-refractivity contribution in [1.29, 1.82) is 5.26 Å². The quantitative estimate of drug-likeness (QED) is 0.742. The van der Waals surface area contributed by atoms with Crippen molar-refractivity contribution in [1.82, 2.24) is 14.7 Å². The van der Waals surface area contributed by atoms with E-state index < -0.39 is 5.82 Å². The number of fused-ring (bicyclic) bond motifs is 3. The zero-order valence-corrected chi connectivity index (χ0v) is 17.3. The standard InChI is InChI=1S/C18H18FN5O2S.C2H6/c19-15-2-1-12(7-11(15)8-20)21-18(26)23-5-4-16-14(9-23)17-24(22-16)6-3-13(25)10-27-17;1-2/h1-2,7,13,25H,3-6,9-10H2,(H,21,26);1-2H3. The average molecular weight is 418 g/mol. The van der Waals surface area contributed by atoms with Gasteiger partial charge in [-0.25, -0.2) is 9.18 Å². The van der Waals surface area contributed by atoms with Gasteiger partial charge in [0.2, 0.25) is 0 Å². The summed E-state index contributed by atoms with van der Waals surface area (Å²) in [7, 11) is 0. The summed E-state index contributed by atoms with van der Waals surface area (Å²) in [5, 5.41) is 27.2. The number of amides is 2. The van der Waals surface area contributed by atoms with Crippen molar-refractivity contribution < 1.29 is 14.3 Å². The predicted molar refractivity (Wildman–Crippen MR) is 109 cm³/mol. The van der Waals surface area contributed by atoms with E-state index >= 15 is 0 Å². The largest absolute Gasteiger partial charge is 0.392 e. The number of anilines is 1. The Kier molecular flexibility index (Phi) is 6.77. The van der Waals surface area contributed by atoms with Gasteiger partial charge in [0.05, 0.1) is 28.9 Å². The Bertz CT molecular complexity index is 940. The predicted octanol–water partition coefficient (Wildman–Crippen LogP) is 3.37. The van der Waals surface area contributed by atoms with Crippen LogP contribution in [0, 0.1) is 17.1 Å². The third-order valence-electron chi connectivity index (χ3n) is 4.76. The average Bonchev–Trinajstić information content (AvgIpc) is 2.99. The molecule has 2 aromatic rings. The van der Waals surface area contributed by atoms with Gasteiger partial charge in [-0.1, -0.05) is 13.8 Å². The maximum Gasteiger partial charge on any atom is 0.322 e. The van der Waals surface area contributed by atoms with Crippen LogP contribution in [0.1, 0.15) is 37.1 Å². The number of aliphatic hydroxyl groups is 1. The molecule has 1 aromatic heterocycles. The summed E-state index contributed by atoms with van der Waals surface area (Å²) >= 11 is 1.58. The van der Waals surface area contributed by atoms with Crippen LogP contribution in [0.15, 0.2) is 23.2 Å². The van der Waals surface area contributed by atoms with Gasteiger partial charge in [0.25, 0.3) is 0 Å². The second kappa shape index (κ2) is 9.29. The third-order valence-corrected chi connectivity index (χ3v) is 6.04. The summed E-state index contributed by atoms with van der Waals surface area (Å²) in [6, 6.07) is 5.40. The van der Waals surface area contributed by atoms with Crippen LogP contribution in [0.4, 0.5) is 14.9 Å². The topological polar surface area (TPSA) is 94.2 Å². The van der Waals surface area contributed by atoms with Gasteiger partial charge in [-0.05, 0) is 24.6 Å². The molecule has 1 unspecified atom stereocenters. The Morgan fingerprint density at radius 3 is 2.97 bits per heavy atom. The number of hydrogen-bond donors (Lipinski definition) is 2. The highest BCUT2D eigenvalue weighted by Gasteiger charge is 2.29. The van der Waals surface area contributed by atoms with E-state index in [1.807, 2.05) is 18.5 Å². The molecule has 0 bridgehead atoms. The number of rotatable bonds is 1. The van der Waals surface area contributed by atoms with Gasteiger partial charge in [-0.2, -0.15) is 10.4 Å². The minimum Gasteiger partial charge on any atom is -0.392 e. The monoisotopic (exact) mass is 417 g/mol. The molecule has 1 atom stereocenters. The van der Waals surface area contributed by atoms with Crippen LogP contribution in [0.2, 0.25) is 0 Å². The van der Waals surface area contributed by atoms with E-state index in [1.54, 1.807) is 22.7 Å². The Hall–Kier alpha value is -2.57. The zero-order valence-electron chi connectivity index (χ0n) is 16.5. The summed E-state index contributed by atoms with van der Waals surface area (Å²) in [6.07, 6.45) is 0.998. The molecule has 154 valence electrons. The summed E-state index contributed by atoms with van der Waals surface area (Å²) in [4.78, 5) is 14.3. The van der Waals surface area contributed by atoms with Crippen LogP contribution >= 0.6 is 11.8 Å². The van der Waals surface area contributed by atoms with Crippen LogP contribution in [0.5, 0.6) is 0 Å². The molecule has 2 aliphatic heterocycles. The molecule has 3 heterocycles.